The molecule has 3 nitrogen and oxygen atoms in total. The summed E-state index contributed by atoms with van der Waals surface area (Å²) in [6.07, 6.45) is 3.90. The number of halogens is 1. The number of benzene rings is 2. The van der Waals surface area contributed by atoms with Gasteiger partial charge in [-0.2, -0.15) is 0 Å². The summed E-state index contributed by atoms with van der Waals surface area (Å²) in [5.41, 5.74) is 4.20. The molecule has 5 heteroatoms. The van der Waals surface area contributed by atoms with E-state index in [1.54, 1.807) is 11.8 Å². The highest BCUT2D eigenvalue weighted by atomic mass is 35.5. The van der Waals surface area contributed by atoms with Crippen molar-refractivity contribution in [1.29, 1.82) is 0 Å². The largest absolute Gasteiger partial charge is 0.366 e. The first-order valence-corrected chi connectivity index (χ1v) is 9.49. The number of aryl methyl sites for hydroxylation is 1. The van der Waals surface area contributed by atoms with E-state index in [9.17, 15) is 0 Å². The molecule has 0 radical (unpaired) electrons. The topological polar surface area (TPSA) is 18.8 Å². The number of rotatable bonds is 6. The van der Waals surface area contributed by atoms with Gasteiger partial charge in [0.25, 0.3) is 0 Å². The van der Waals surface area contributed by atoms with Crippen LogP contribution in [0.2, 0.25) is 5.02 Å². The van der Waals surface area contributed by atoms with Gasteiger partial charge >= 0.3 is 0 Å². The first kappa shape index (κ1) is 18.7. The molecule has 0 aliphatic heterocycles. The zero-order valence-electron chi connectivity index (χ0n) is 14.9. The van der Waals surface area contributed by atoms with Crippen molar-refractivity contribution in [2.75, 3.05) is 31.8 Å². The number of hydrogen-bond donors (Lipinski definition) is 0. The van der Waals surface area contributed by atoms with Crippen LogP contribution in [0.1, 0.15) is 12.5 Å². The number of hydrogen-bond acceptors (Lipinski definition) is 3. The molecule has 0 aliphatic carbocycles. The molecule has 0 aliphatic rings. The molecular formula is C19H24ClN3S. The fraction of sp³-hybridized carbons (Fsp3) is 0.316. The predicted octanol–water partition coefficient (Wildman–Crippen LogP) is 5.75. The lowest BCUT2D eigenvalue weighted by molar-refractivity contribution is 0.552. The summed E-state index contributed by atoms with van der Waals surface area (Å²) in [5, 5.41) is 0.657. The Hall–Kier alpha value is -1.65. The van der Waals surface area contributed by atoms with Crippen LogP contribution in [0.25, 0.3) is 0 Å². The maximum absolute atomic E-state index is 6.47. The second kappa shape index (κ2) is 8.45. The van der Waals surface area contributed by atoms with Crippen molar-refractivity contribution in [1.82, 2.24) is 4.90 Å². The summed E-state index contributed by atoms with van der Waals surface area (Å²) in [6, 6.07) is 12.4. The molecule has 128 valence electrons. The molecule has 0 unspecified atom stereocenters. The Bertz CT molecular complexity index is 731. The van der Waals surface area contributed by atoms with Crippen molar-refractivity contribution in [3.63, 3.8) is 0 Å². The number of para-hydroxylation sites is 1. The average molecular weight is 362 g/mol. The summed E-state index contributed by atoms with van der Waals surface area (Å²) < 4.78 is 0. The summed E-state index contributed by atoms with van der Waals surface area (Å²) >= 11 is 8.21. The third kappa shape index (κ3) is 4.25. The van der Waals surface area contributed by atoms with Crippen LogP contribution in [0.5, 0.6) is 0 Å². The standard InChI is InChI=1S/C19H24ClN3S/c1-6-22(3)13-21-16-11-14(2)18(12-15(16)20)23(4)17-9-7-8-10-19(17)24-5/h7-13H,6H2,1-5H3. The molecule has 2 aromatic rings. The van der Waals surface area contributed by atoms with Gasteiger partial charge in [0.2, 0.25) is 0 Å². The molecule has 2 rings (SSSR count). The molecule has 0 bridgehead atoms. The fourth-order valence-corrected chi connectivity index (χ4v) is 3.23. The smallest absolute Gasteiger partial charge is 0.0910 e. The van der Waals surface area contributed by atoms with Gasteiger partial charge in [0.15, 0.2) is 0 Å². The average Bonchev–Trinajstić information content (AvgIpc) is 2.61. The van der Waals surface area contributed by atoms with Crippen LogP contribution < -0.4 is 4.90 Å². The molecule has 0 amide bonds. The van der Waals surface area contributed by atoms with Crippen LogP contribution in [0.15, 0.2) is 46.3 Å². The van der Waals surface area contributed by atoms with Gasteiger partial charge in [-0.1, -0.05) is 23.7 Å². The van der Waals surface area contributed by atoms with Crippen LogP contribution in [-0.2, 0) is 0 Å². The van der Waals surface area contributed by atoms with Gasteiger partial charge in [-0.15, -0.1) is 11.8 Å². The Morgan fingerprint density at radius 1 is 1.17 bits per heavy atom. The van der Waals surface area contributed by atoms with Crippen molar-refractivity contribution in [3.05, 3.63) is 47.0 Å². The number of thioether (sulfide) groups is 1. The Morgan fingerprint density at radius 2 is 1.88 bits per heavy atom. The van der Waals surface area contributed by atoms with Crippen molar-refractivity contribution >= 4 is 46.8 Å². The van der Waals surface area contributed by atoms with Gasteiger partial charge < -0.3 is 9.80 Å². The lowest BCUT2D eigenvalue weighted by atomic mass is 10.1. The SMILES string of the molecule is CCN(C)C=Nc1cc(C)c(N(C)c2ccccc2SC)cc1Cl. The van der Waals surface area contributed by atoms with E-state index < -0.39 is 0 Å². The maximum atomic E-state index is 6.47. The van der Waals surface area contributed by atoms with Crippen LogP contribution in [0.4, 0.5) is 17.1 Å². The molecule has 2 aromatic carbocycles. The van der Waals surface area contributed by atoms with Crippen LogP contribution in [0.3, 0.4) is 0 Å². The second-order valence-corrected chi connectivity index (χ2v) is 6.89. The zero-order chi connectivity index (χ0) is 17.7. The molecule has 0 fully saturated rings. The van der Waals surface area contributed by atoms with Crippen molar-refractivity contribution in [2.24, 2.45) is 4.99 Å². The lowest BCUT2D eigenvalue weighted by Gasteiger charge is -2.24. The molecule has 0 heterocycles. The highest BCUT2D eigenvalue weighted by molar-refractivity contribution is 7.98. The minimum Gasteiger partial charge on any atom is -0.366 e. The minimum absolute atomic E-state index is 0.657. The Balaban J connectivity index is 2.38. The number of aliphatic imine (C=N–C) groups is 1. The second-order valence-electron chi connectivity index (χ2n) is 5.64. The molecule has 0 aromatic heterocycles. The van der Waals surface area contributed by atoms with Crippen molar-refractivity contribution in [2.45, 2.75) is 18.7 Å². The third-order valence-electron chi connectivity index (χ3n) is 3.97. The molecule has 0 saturated heterocycles. The minimum atomic E-state index is 0.657. The molecular weight excluding hydrogens is 338 g/mol. The van der Waals surface area contributed by atoms with E-state index in [1.807, 2.05) is 30.4 Å². The van der Waals surface area contributed by atoms with Gasteiger partial charge in [0.1, 0.15) is 0 Å². The molecule has 0 atom stereocenters. The van der Waals surface area contributed by atoms with E-state index in [0.717, 1.165) is 23.5 Å². The highest BCUT2D eigenvalue weighted by Gasteiger charge is 2.13. The Kier molecular flexibility index (Phi) is 6.58. The normalized spacial score (nSPS) is 11.1. The van der Waals surface area contributed by atoms with Gasteiger partial charge in [-0.3, -0.25) is 0 Å². The van der Waals surface area contributed by atoms with E-state index in [2.05, 4.69) is 61.3 Å². The lowest BCUT2D eigenvalue weighted by Crippen LogP contribution is -2.14. The predicted molar refractivity (Wildman–Crippen MR) is 109 cm³/mol. The maximum Gasteiger partial charge on any atom is 0.0910 e. The monoisotopic (exact) mass is 361 g/mol. The van der Waals surface area contributed by atoms with E-state index >= 15 is 0 Å². The van der Waals surface area contributed by atoms with Crippen LogP contribution >= 0.6 is 23.4 Å². The van der Waals surface area contributed by atoms with E-state index in [1.165, 1.54) is 10.6 Å². The summed E-state index contributed by atoms with van der Waals surface area (Å²) in [7, 11) is 4.06. The van der Waals surface area contributed by atoms with Gasteiger partial charge in [0.05, 0.1) is 22.7 Å². The highest BCUT2D eigenvalue weighted by Crippen LogP contribution is 2.38. The first-order chi connectivity index (χ1) is 11.5. The van der Waals surface area contributed by atoms with E-state index in [-0.39, 0.29) is 0 Å². The number of anilines is 2. The summed E-state index contributed by atoms with van der Waals surface area (Å²) in [5.74, 6) is 0. The molecule has 0 N–H and O–H groups in total. The Morgan fingerprint density at radius 3 is 2.54 bits per heavy atom. The molecule has 0 saturated carbocycles. The van der Waals surface area contributed by atoms with E-state index in [4.69, 9.17) is 11.6 Å². The van der Waals surface area contributed by atoms with Crippen LogP contribution in [0, 0.1) is 6.92 Å². The molecule has 24 heavy (non-hydrogen) atoms. The van der Waals surface area contributed by atoms with Gasteiger partial charge in [-0.05, 0) is 49.9 Å². The summed E-state index contributed by atoms with van der Waals surface area (Å²) in [4.78, 5) is 9.92. The third-order valence-corrected chi connectivity index (χ3v) is 5.05. The number of nitrogens with zero attached hydrogens (tertiary/aromatic N) is 3. The zero-order valence-corrected chi connectivity index (χ0v) is 16.4. The summed E-state index contributed by atoms with van der Waals surface area (Å²) in [6.45, 7) is 5.08. The van der Waals surface area contributed by atoms with Crippen LogP contribution in [-0.4, -0.2) is 38.1 Å². The molecule has 0 spiro atoms. The van der Waals surface area contributed by atoms with Gasteiger partial charge in [0, 0.05) is 31.2 Å². The van der Waals surface area contributed by atoms with Crippen molar-refractivity contribution < 1.29 is 0 Å². The fourth-order valence-electron chi connectivity index (χ4n) is 2.40. The first-order valence-electron chi connectivity index (χ1n) is 7.89. The van der Waals surface area contributed by atoms with Gasteiger partial charge in [-0.25, -0.2) is 4.99 Å². The van der Waals surface area contributed by atoms with E-state index in [0.29, 0.717) is 5.02 Å². The quantitative estimate of drug-likeness (QED) is 0.371. The van der Waals surface area contributed by atoms with Crippen molar-refractivity contribution in [3.8, 4) is 0 Å². The Labute approximate surface area is 154 Å².